The zero-order chi connectivity index (χ0) is 12.0. The summed E-state index contributed by atoms with van der Waals surface area (Å²) in [5, 5.41) is 2.89. The van der Waals surface area contributed by atoms with Crippen molar-refractivity contribution in [2.24, 2.45) is 0 Å². The second-order valence-corrected chi connectivity index (χ2v) is 4.29. The number of rotatable bonds is 6. The van der Waals surface area contributed by atoms with Gasteiger partial charge in [0, 0.05) is 17.4 Å². The molecule has 0 aliphatic carbocycles. The quantitative estimate of drug-likeness (QED) is 0.643. The van der Waals surface area contributed by atoms with Gasteiger partial charge in [0.25, 0.3) is 0 Å². The van der Waals surface area contributed by atoms with Crippen molar-refractivity contribution < 1.29 is 9.18 Å². The number of ketones is 1. The third-order valence-electron chi connectivity index (χ3n) is 2.01. The maximum atomic E-state index is 13.4. The lowest BCUT2D eigenvalue weighted by molar-refractivity contribution is -0.117. The number of benzene rings is 1. The Hall–Kier alpha value is -1.00. The first-order valence-electron chi connectivity index (χ1n) is 4.90. The minimum atomic E-state index is -0.355. The molecule has 0 saturated heterocycles. The highest BCUT2D eigenvalue weighted by Crippen LogP contribution is 2.15. The third-order valence-corrected chi connectivity index (χ3v) is 2.51. The van der Waals surface area contributed by atoms with Gasteiger partial charge in [-0.3, -0.25) is 4.79 Å². The molecule has 0 radical (unpaired) electrons. The molecular formula is C12H13BrFNO. The van der Waals surface area contributed by atoms with E-state index in [2.05, 4.69) is 27.8 Å². The van der Waals surface area contributed by atoms with Gasteiger partial charge in [0.05, 0.1) is 6.54 Å². The minimum Gasteiger partial charge on any atom is -0.307 e. The Balaban J connectivity index is 2.52. The van der Waals surface area contributed by atoms with Gasteiger partial charge in [-0.2, -0.15) is 0 Å². The summed E-state index contributed by atoms with van der Waals surface area (Å²) in [6, 6.07) is 4.70. The SMILES string of the molecule is C=CCNCC(=O)Cc1ccc(Br)cc1F. The number of nitrogens with one attached hydrogen (secondary N) is 1. The zero-order valence-corrected chi connectivity index (χ0v) is 10.4. The lowest BCUT2D eigenvalue weighted by Crippen LogP contribution is -2.24. The topological polar surface area (TPSA) is 29.1 Å². The minimum absolute atomic E-state index is 0.0388. The van der Waals surface area contributed by atoms with Crippen molar-refractivity contribution >= 4 is 21.7 Å². The van der Waals surface area contributed by atoms with E-state index in [9.17, 15) is 9.18 Å². The van der Waals surface area contributed by atoms with E-state index in [0.717, 1.165) is 0 Å². The Bertz CT molecular complexity index is 393. The maximum absolute atomic E-state index is 13.4. The van der Waals surface area contributed by atoms with E-state index in [1.54, 1.807) is 18.2 Å². The maximum Gasteiger partial charge on any atom is 0.151 e. The molecule has 4 heteroatoms. The first-order valence-corrected chi connectivity index (χ1v) is 5.70. The van der Waals surface area contributed by atoms with Crippen LogP contribution < -0.4 is 5.32 Å². The molecule has 0 heterocycles. The zero-order valence-electron chi connectivity index (χ0n) is 8.80. The lowest BCUT2D eigenvalue weighted by atomic mass is 10.1. The van der Waals surface area contributed by atoms with Gasteiger partial charge in [-0.1, -0.05) is 28.1 Å². The molecule has 1 aromatic carbocycles. The summed E-state index contributed by atoms with van der Waals surface area (Å²) in [5.41, 5.74) is 0.425. The predicted molar refractivity (Wildman–Crippen MR) is 65.9 cm³/mol. The fourth-order valence-corrected chi connectivity index (χ4v) is 1.59. The fraction of sp³-hybridized carbons (Fsp3) is 0.250. The standard InChI is InChI=1S/C12H13BrFNO/c1-2-5-15-8-11(16)6-9-3-4-10(13)7-12(9)14/h2-4,7,15H,1,5-6,8H2. The van der Waals surface area contributed by atoms with E-state index >= 15 is 0 Å². The van der Waals surface area contributed by atoms with E-state index in [1.807, 2.05) is 0 Å². The molecule has 0 aromatic heterocycles. The van der Waals surface area contributed by atoms with Crippen LogP contribution in [0.15, 0.2) is 35.3 Å². The van der Waals surface area contributed by atoms with E-state index < -0.39 is 0 Å². The molecule has 1 rings (SSSR count). The average molecular weight is 286 g/mol. The van der Waals surface area contributed by atoms with Gasteiger partial charge in [0.1, 0.15) is 5.82 Å². The summed E-state index contributed by atoms with van der Waals surface area (Å²) >= 11 is 3.17. The lowest BCUT2D eigenvalue weighted by Gasteiger charge is -2.04. The van der Waals surface area contributed by atoms with Crippen LogP contribution in [0.4, 0.5) is 4.39 Å². The van der Waals surface area contributed by atoms with Gasteiger partial charge < -0.3 is 5.32 Å². The summed E-state index contributed by atoms with van der Waals surface area (Å²) in [5.74, 6) is -0.394. The number of Topliss-reactive ketones (excluding diaryl/α,β-unsaturated/α-hetero) is 1. The van der Waals surface area contributed by atoms with Crippen LogP contribution in [0, 0.1) is 5.82 Å². The van der Waals surface area contributed by atoms with E-state index in [4.69, 9.17) is 0 Å². The smallest absolute Gasteiger partial charge is 0.151 e. The van der Waals surface area contributed by atoms with Gasteiger partial charge in [0.15, 0.2) is 5.78 Å². The van der Waals surface area contributed by atoms with Gasteiger partial charge in [-0.05, 0) is 17.7 Å². The van der Waals surface area contributed by atoms with Crippen molar-refractivity contribution in [1.82, 2.24) is 5.32 Å². The molecule has 1 N–H and O–H groups in total. The van der Waals surface area contributed by atoms with Crippen LogP contribution in [0.25, 0.3) is 0 Å². The van der Waals surface area contributed by atoms with Gasteiger partial charge >= 0.3 is 0 Å². The number of hydrogen-bond acceptors (Lipinski definition) is 2. The normalized spacial score (nSPS) is 10.1. The van der Waals surface area contributed by atoms with Crippen LogP contribution in [0.3, 0.4) is 0 Å². The molecule has 0 fully saturated rings. The summed E-state index contributed by atoms with van der Waals surface area (Å²) in [4.78, 5) is 11.4. The van der Waals surface area contributed by atoms with E-state index in [1.165, 1.54) is 6.07 Å². The van der Waals surface area contributed by atoms with Gasteiger partial charge in [-0.25, -0.2) is 4.39 Å². The highest BCUT2D eigenvalue weighted by Gasteiger charge is 2.07. The van der Waals surface area contributed by atoms with Crippen molar-refractivity contribution in [3.05, 3.63) is 46.7 Å². The highest BCUT2D eigenvalue weighted by atomic mass is 79.9. The van der Waals surface area contributed by atoms with Crippen molar-refractivity contribution in [2.75, 3.05) is 13.1 Å². The first-order chi connectivity index (χ1) is 7.63. The van der Waals surface area contributed by atoms with Crippen molar-refractivity contribution in [2.45, 2.75) is 6.42 Å². The summed E-state index contributed by atoms with van der Waals surface area (Å²) in [6.07, 6.45) is 1.79. The molecule has 0 aliphatic heterocycles. The van der Waals surface area contributed by atoms with E-state index in [-0.39, 0.29) is 24.6 Å². The second kappa shape index (κ2) is 6.55. The van der Waals surface area contributed by atoms with Crippen LogP contribution in [0.1, 0.15) is 5.56 Å². The number of halogens is 2. The molecule has 0 saturated carbocycles. The molecule has 0 unspecified atom stereocenters. The average Bonchev–Trinajstić information content (AvgIpc) is 2.23. The predicted octanol–water partition coefficient (Wildman–Crippen LogP) is 2.48. The molecular weight excluding hydrogens is 273 g/mol. The molecule has 2 nitrogen and oxygen atoms in total. The Labute approximate surface area is 103 Å². The first kappa shape index (κ1) is 13.1. The number of hydrogen-bond donors (Lipinski definition) is 1. The van der Waals surface area contributed by atoms with Crippen LogP contribution in [-0.4, -0.2) is 18.9 Å². The molecule has 0 aliphatic rings. The van der Waals surface area contributed by atoms with Crippen LogP contribution in [0.2, 0.25) is 0 Å². The largest absolute Gasteiger partial charge is 0.307 e. The molecule has 86 valence electrons. The fourth-order valence-electron chi connectivity index (χ4n) is 1.25. The summed E-state index contributed by atoms with van der Waals surface area (Å²) in [6.45, 7) is 4.34. The summed E-state index contributed by atoms with van der Waals surface area (Å²) in [7, 11) is 0. The molecule has 0 spiro atoms. The Morgan fingerprint density at radius 1 is 1.56 bits per heavy atom. The Morgan fingerprint density at radius 2 is 2.31 bits per heavy atom. The monoisotopic (exact) mass is 285 g/mol. The van der Waals surface area contributed by atoms with Crippen molar-refractivity contribution in [3.63, 3.8) is 0 Å². The molecule has 0 atom stereocenters. The highest BCUT2D eigenvalue weighted by molar-refractivity contribution is 9.10. The van der Waals surface area contributed by atoms with Crippen LogP contribution in [0.5, 0.6) is 0 Å². The van der Waals surface area contributed by atoms with Crippen molar-refractivity contribution in [3.8, 4) is 0 Å². The van der Waals surface area contributed by atoms with Gasteiger partial charge in [0.2, 0.25) is 0 Å². The van der Waals surface area contributed by atoms with Crippen LogP contribution >= 0.6 is 15.9 Å². The van der Waals surface area contributed by atoms with Crippen LogP contribution in [-0.2, 0) is 11.2 Å². The molecule has 0 amide bonds. The molecule has 16 heavy (non-hydrogen) atoms. The van der Waals surface area contributed by atoms with Crippen molar-refractivity contribution in [1.29, 1.82) is 0 Å². The molecule has 0 bridgehead atoms. The number of carbonyl (C=O) groups is 1. The molecule has 1 aromatic rings. The third kappa shape index (κ3) is 4.24. The van der Waals surface area contributed by atoms with E-state index in [0.29, 0.717) is 16.6 Å². The Morgan fingerprint density at radius 3 is 2.94 bits per heavy atom. The van der Waals surface area contributed by atoms with Gasteiger partial charge in [-0.15, -0.1) is 6.58 Å². The second-order valence-electron chi connectivity index (χ2n) is 3.37. The number of carbonyl (C=O) groups excluding carboxylic acids is 1. The Kier molecular flexibility index (Phi) is 5.35. The summed E-state index contributed by atoms with van der Waals surface area (Å²) < 4.78 is 14.1.